The third kappa shape index (κ3) is 0.969. The first-order valence-corrected chi connectivity index (χ1v) is 5.22. The zero-order valence-corrected chi connectivity index (χ0v) is 7.79. The average Bonchev–Trinajstić information content (AvgIpc) is 2.47. The summed E-state index contributed by atoms with van der Waals surface area (Å²) in [6.45, 7) is 0. The summed E-state index contributed by atoms with van der Waals surface area (Å²) in [4.78, 5) is 0. The zero-order valence-electron chi connectivity index (χ0n) is 7.79. The maximum absolute atomic E-state index is 6.14. The average molecular weight is 173 g/mol. The van der Waals surface area contributed by atoms with E-state index in [9.17, 15) is 0 Å². The van der Waals surface area contributed by atoms with Crippen LogP contribution < -0.4 is 5.73 Å². The summed E-state index contributed by atoms with van der Waals surface area (Å²) in [6, 6.07) is 7.12. The minimum Gasteiger partial charge on any atom is -0.327 e. The molecule has 1 nitrogen and oxygen atoms in total. The molecule has 0 aliphatic heterocycles. The van der Waals surface area contributed by atoms with Gasteiger partial charge in [-0.1, -0.05) is 18.2 Å². The molecule has 2 N–H and O–H groups in total. The van der Waals surface area contributed by atoms with Gasteiger partial charge in [0.05, 0.1) is 0 Å². The van der Waals surface area contributed by atoms with Gasteiger partial charge in [0.15, 0.2) is 0 Å². The third-order valence-electron chi connectivity index (χ3n) is 3.59. The van der Waals surface area contributed by atoms with Crippen molar-refractivity contribution in [2.75, 3.05) is 0 Å². The summed E-state index contributed by atoms with van der Waals surface area (Å²) in [5.41, 5.74) is 10.8. The monoisotopic (exact) mass is 173 g/mol. The van der Waals surface area contributed by atoms with E-state index in [2.05, 4.69) is 18.2 Å². The van der Waals surface area contributed by atoms with Crippen molar-refractivity contribution in [1.82, 2.24) is 0 Å². The van der Waals surface area contributed by atoms with Gasteiger partial charge in [-0.25, -0.2) is 0 Å². The van der Waals surface area contributed by atoms with E-state index in [1.807, 2.05) is 0 Å². The molecule has 1 aromatic rings. The largest absolute Gasteiger partial charge is 0.327 e. The van der Waals surface area contributed by atoms with Crippen LogP contribution in [0.4, 0.5) is 0 Å². The Morgan fingerprint density at radius 1 is 1.23 bits per heavy atom. The Hall–Kier alpha value is -0.820. The summed E-state index contributed by atoms with van der Waals surface area (Å²) < 4.78 is 0. The number of aryl methyl sites for hydroxylation is 1. The maximum Gasteiger partial charge on any atom is 0.0149 e. The second-order valence-electron chi connectivity index (χ2n) is 4.36. The van der Waals surface area contributed by atoms with Gasteiger partial charge in [0, 0.05) is 6.04 Å². The number of benzene rings is 1. The summed E-state index contributed by atoms with van der Waals surface area (Å²) in [5, 5.41) is 0. The van der Waals surface area contributed by atoms with Gasteiger partial charge in [-0.2, -0.15) is 0 Å². The molecule has 13 heavy (non-hydrogen) atoms. The van der Waals surface area contributed by atoms with Gasteiger partial charge in [-0.15, -0.1) is 0 Å². The molecular weight excluding hydrogens is 158 g/mol. The van der Waals surface area contributed by atoms with Crippen LogP contribution in [0.15, 0.2) is 18.2 Å². The molecule has 0 radical (unpaired) electrons. The predicted molar refractivity (Wildman–Crippen MR) is 53.8 cm³/mol. The van der Waals surface area contributed by atoms with E-state index in [4.69, 9.17) is 5.73 Å². The molecule has 1 heteroatoms. The summed E-state index contributed by atoms with van der Waals surface area (Å²) >= 11 is 0. The Morgan fingerprint density at radius 3 is 3.00 bits per heavy atom. The van der Waals surface area contributed by atoms with Crippen molar-refractivity contribution in [3.8, 4) is 0 Å². The van der Waals surface area contributed by atoms with Crippen LogP contribution >= 0.6 is 0 Å². The molecule has 2 aliphatic rings. The topological polar surface area (TPSA) is 26.0 Å². The van der Waals surface area contributed by atoms with Crippen LogP contribution in [0, 0.1) is 0 Å². The molecule has 3 rings (SSSR count). The van der Waals surface area contributed by atoms with Crippen LogP contribution in [-0.4, -0.2) is 6.04 Å². The highest BCUT2D eigenvalue weighted by Gasteiger charge is 2.33. The van der Waals surface area contributed by atoms with Crippen LogP contribution in [0.3, 0.4) is 0 Å². The summed E-state index contributed by atoms with van der Waals surface area (Å²) in [7, 11) is 0. The van der Waals surface area contributed by atoms with E-state index >= 15 is 0 Å². The van der Waals surface area contributed by atoms with E-state index in [-0.39, 0.29) is 0 Å². The van der Waals surface area contributed by atoms with Crippen LogP contribution in [0.1, 0.15) is 35.4 Å². The lowest BCUT2D eigenvalue weighted by Gasteiger charge is -2.24. The third-order valence-corrected chi connectivity index (χ3v) is 3.59. The van der Waals surface area contributed by atoms with Crippen molar-refractivity contribution >= 4 is 0 Å². The highest BCUT2D eigenvalue weighted by atomic mass is 14.7. The van der Waals surface area contributed by atoms with E-state index in [1.54, 1.807) is 11.1 Å². The molecule has 68 valence electrons. The fraction of sp³-hybridized carbons (Fsp3) is 0.500. The molecule has 2 aliphatic carbocycles. The Labute approximate surface area is 78.9 Å². The molecule has 0 bridgehead atoms. The highest BCUT2D eigenvalue weighted by Crippen LogP contribution is 2.41. The van der Waals surface area contributed by atoms with Crippen LogP contribution in [-0.2, 0) is 12.8 Å². The van der Waals surface area contributed by atoms with Crippen LogP contribution in [0.25, 0.3) is 0 Å². The second-order valence-corrected chi connectivity index (χ2v) is 4.36. The molecule has 0 saturated heterocycles. The molecule has 1 unspecified atom stereocenters. The Morgan fingerprint density at radius 2 is 2.08 bits per heavy atom. The first-order chi connectivity index (χ1) is 6.36. The molecule has 0 aromatic heterocycles. The maximum atomic E-state index is 6.14. The SMILES string of the molecule is N[C@H]1Cc2cccc3c2C1CCC3. The molecular formula is C12H15N. The molecule has 1 aromatic carbocycles. The van der Waals surface area contributed by atoms with E-state index < -0.39 is 0 Å². The lowest BCUT2D eigenvalue weighted by atomic mass is 9.83. The molecule has 0 amide bonds. The van der Waals surface area contributed by atoms with Crippen molar-refractivity contribution in [2.45, 2.75) is 37.6 Å². The Kier molecular flexibility index (Phi) is 1.50. The van der Waals surface area contributed by atoms with Gasteiger partial charge in [-0.3, -0.25) is 0 Å². The standard InChI is InChI=1S/C12H15N/c13-11-7-9-5-1-3-8-4-2-6-10(11)12(8)9/h1,3,5,10-11H,2,4,6-7,13H2/t10?,11-/m0/s1. The first kappa shape index (κ1) is 7.57. The van der Waals surface area contributed by atoms with Crippen molar-refractivity contribution in [3.05, 3.63) is 34.9 Å². The molecule has 2 atom stereocenters. The summed E-state index contributed by atoms with van der Waals surface area (Å²) in [5.74, 6) is 0.681. The van der Waals surface area contributed by atoms with Crippen molar-refractivity contribution in [2.24, 2.45) is 5.73 Å². The van der Waals surface area contributed by atoms with E-state index in [1.165, 1.54) is 24.8 Å². The van der Waals surface area contributed by atoms with Crippen molar-refractivity contribution in [3.63, 3.8) is 0 Å². The van der Waals surface area contributed by atoms with Crippen molar-refractivity contribution < 1.29 is 0 Å². The number of nitrogens with two attached hydrogens (primary N) is 1. The normalized spacial score (nSPS) is 30.2. The zero-order chi connectivity index (χ0) is 8.84. The lowest BCUT2D eigenvalue weighted by Crippen LogP contribution is -2.26. The highest BCUT2D eigenvalue weighted by molar-refractivity contribution is 5.45. The first-order valence-electron chi connectivity index (χ1n) is 5.22. The van der Waals surface area contributed by atoms with Gasteiger partial charge in [0.25, 0.3) is 0 Å². The Bertz CT molecular complexity index is 343. The smallest absolute Gasteiger partial charge is 0.0149 e. The van der Waals surface area contributed by atoms with Crippen LogP contribution in [0.5, 0.6) is 0 Å². The van der Waals surface area contributed by atoms with Gasteiger partial charge in [-0.05, 0) is 48.3 Å². The molecule has 0 saturated carbocycles. The molecule has 0 heterocycles. The lowest BCUT2D eigenvalue weighted by molar-refractivity contribution is 0.496. The second kappa shape index (κ2) is 2.58. The Balaban J connectivity index is 2.20. The molecule has 0 fully saturated rings. The summed E-state index contributed by atoms with van der Waals surface area (Å²) in [6.07, 6.45) is 5.01. The van der Waals surface area contributed by atoms with Crippen molar-refractivity contribution in [1.29, 1.82) is 0 Å². The van der Waals surface area contributed by atoms with E-state index in [0.717, 1.165) is 6.42 Å². The van der Waals surface area contributed by atoms with Gasteiger partial charge in [0.2, 0.25) is 0 Å². The minimum atomic E-state index is 0.399. The fourth-order valence-corrected chi connectivity index (χ4v) is 3.02. The molecule has 0 spiro atoms. The van der Waals surface area contributed by atoms with E-state index in [0.29, 0.717) is 12.0 Å². The predicted octanol–water partition coefficient (Wildman–Crippen LogP) is 1.99. The van der Waals surface area contributed by atoms with Gasteiger partial charge < -0.3 is 5.73 Å². The minimum absolute atomic E-state index is 0.399. The van der Waals surface area contributed by atoms with Gasteiger partial charge in [0.1, 0.15) is 0 Å². The number of hydrogen-bond acceptors (Lipinski definition) is 1. The fourth-order valence-electron chi connectivity index (χ4n) is 3.02. The number of hydrogen-bond donors (Lipinski definition) is 1. The number of rotatable bonds is 0. The quantitative estimate of drug-likeness (QED) is 0.638. The van der Waals surface area contributed by atoms with Crippen LogP contribution in [0.2, 0.25) is 0 Å². The van der Waals surface area contributed by atoms with Gasteiger partial charge >= 0.3 is 0 Å².